The number of aryl methyl sites for hydroxylation is 1. The van der Waals surface area contributed by atoms with Gasteiger partial charge in [-0.05, 0) is 36.4 Å². The molecule has 0 bridgehead atoms. The van der Waals surface area contributed by atoms with E-state index in [2.05, 4.69) is 10.3 Å². The number of fused-ring (bicyclic) bond motifs is 1. The fourth-order valence-corrected chi connectivity index (χ4v) is 2.52. The number of halogens is 2. The van der Waals surface area contributed by atoms with Gasteiger partial charge in [0.05, 0.1) is 5.02 Å². The summed E-state index contributed by atoms with van der Waals surface area (Å²) in [5.74, 6) is 0.661. The van der Waals surface area contributed by atoms with E-state index in [4.69, 9.17) is 32.4 Å². The maximum absolute atomic E-state index is 12.0. The Kier molecular flexibility index (Phi) is 4.41. The number of ether oxygens (including phenoxy) is 1. The van der Waals surface area contributed by atoms with Crippen LogP contribution in [-0.2, 0) is 4.79 Å². The van der Waals surface area contributed by atoms with E-state index in [-0.39, 0.29) is 12.5 Å². The largest absolute Gasteiger partial charge is 0.482 e. The van der Waals surface area contributed by atoms with Gasteiger partial charge in [0.25, 0.3) is 5.91 Å². The Balaban J connectivity index is 1.63. The highest BCUT2D eigenvalue weighted by atomic mass is 35.5. The molecule has 7 heteroatoms. The Hall–Kier alpha value is -2.24. The minimum absolute atomic E-state index is 0.169. The molecular formula is C16H12Cl2N2O3. The molecule has 0 radical (unpaired) electrons. The maximum atomic E-state index is 12.0. The van der Waals surface area contributed by atoms with Gasteiger partial charge in [0.15, 0.2) is 18.1 Å². The number of carbonyl (C=O) groups is 1. The van der Waals surface area contributed by atoms with Crippen LogP contribution in [0.2, 0.25) is 10.0 Å². The second kappa shape index (κ2) is 6.48. The smallest absolute Gasteiger partial charge is 0.262 e. The maximum Gasteiger partial charge on any atom is 0.262 e. The second-order valence-electron chi connectivity index (χ2n) is 4.83. The van der Waals surface area contributed by atoms with Crippen LogP contribution in [0, 0.1) is 6.92 Å². The minimum atomic E-state index is -0.310. The van der Waals surface area contributed by atoms with Gasteiger partial charge in [-0.25, -0.2) is 4.98 Å². The van der Waals surface area contributed by atoms with Crippen LogP contribution < -0.4 is 10.1 Å². The van der Waals surface area contributed by atoms with Crippen LogP contribution in [0.15, 0.2) is 40.8 Å². The lowest BCUT2D eigenvalue weighted by Crippen LogP contribution is -2.20. The summed E-state index contributed by atoms with van der Waals surface area (Å²) in [6, 6.07) is 10.0. The van der Waals surface area contributed by atoms with Crippen LogP contribution in [0.25, 0.3) is 11.1 Å². The second-order valence-corrected chi connectivity index (χ2v) is 5.67. The molecule has 1 heterocycles. The number of oxazole rings is 1. The van der Waals surface area contributed by atoms with Crippen LogP contribution >= 0.6 is 23.2 Å². The van der Waals surface area contributed by atoms with E-state index in [1.807, 2.05) is 0 Å². The predicted octanol–water partition coefficient (Wildman–Crippen LogP) is 4.46. The molecule has 23 heavy (non-hydrogen) atoms. The minimum Gasteiger partial charge on any atom is -0.482 e. The van der Waals surface area contributed by atoms with Crippen molar-refractivity contribution in [3.05, 3.63) is 52.3 Å². The zero-order valence-electron chi connectivity index (χ0n) is 12.1. The van der Waals surface area contributed by atoms with Crippen LogP contribution in [0.1, 0.15) is 5.89 Å². The summed E-state index contributed by atoms with van der Waals surface area (Å²) in [4.78, 5) is 16.2. The van der Waals surface area contributed by atoms with Gasteiger partial charge in [-0.15, -0.1) is 0 Å². The molecule has 118 valence electrons. The molecule has 3 aromatic rings. The van der Waals surface area contributed by atoms with E-state index in [0.717, 1.165) is 0 Å². The Labute approximate surface area is 142 Å². The van der Waals surface area contributed by atoms with Crippen LogP contribution in [0.3, 0.4) is 0 Å². The highest BCUT2D eigenvalue weighted by molar-refractivity contribution is 6.35. The SMILES string of the molecule is Cc1nc2cc(NC(=O)COc3ccc(Cl)cc3Cl)ccc2o1. The van der Waals surface area contributed by atoms with Crippen molar-refractivity contribution in [2.45, 2.75) is 6.92 Å². The third-order valence-corrected chi connectivity index (χ3v) is 3.56. The van der Waals surface area contributed by atoms with Gasteiger partial charge in [0.1, 0.15) is 11.3 Å². The molecular weight excluding hydrogens is 339 g/mol. The van der Waals surface area contributed by atoms with Gasteiger partial charge in [-0.3, -0.25) is 4.79 Å². The molecule has 0 fully saturated rings. The Bertz CT molecular complexity index is 877. The Morgan fingerprint density at radius 2 is 2.09 bits per heavy atom. The molecule has 0 saturated heterocycles. The normalized spacial score (nSPS) is 10.7. The van der Waals surface area contributed by atoms with Crippen molar-refractivity contribution >= 4 is 45.9 Å². The fraction of sp³-hybridized carbons (Fsp3) is 0.125. The number of hydrogen-bond acceptors (Lipinski definition) is 4. The molecule has 0 spiro atoms. The number of rotatable bonds is 4. The number of nitrogens with zero attached hydrogens (tertiary/aromatic N) is 1. The third-order valence-electron chi connectivity index (χ3n) is 3.03. The van der Waals surface area contributed by atoms with E-state index in [1.165, 1.54) is 0 Å². The standard InChI is InChI=1S/C16H12Cl2N2O3/c1-9-19-13-7-11(3-5-15(13)23-9)20-16(21)8-22-14-4-2-10(17)6-12(14)18/h2-7H,8H2,1H3,(H,20,21). The predicted molar refractivity (Wildman–Crippen MR) is 89.3 cm³/mol. The summed E-state index contributed by atoms with van der Waals surface area (Å²) in [6.45, 7) is 1.60. The molecule has 0 aliphatic rings. The summed E-state index contributed by atoms with van der Waals surface area (Å²) in [7, 11) is 0. The van der Waals surface area contributed by atoms with Gasteiger partial charge < -0.3 is 14.5 Å². The summed E-state index contributed by atoms with van der Waals surface area (Å²) >= 11 is 11.8. The molecule has 2 aromatic carbocycles. The van der Waals surface area contributed by atoms with E-state index >= 15 is 0 Å². The van der Waals surface area contributed by atoms with E-state index in [0.29, 0.717) is 38.5 Å². The molecule has 0 aliphatic carbocycles. The van der Waals surface area contributed by atoms with Crippen LogP contribution in [-0.4, -0.2) is 17.5 Å². The molecule has 0 saturated carbocycles. The highest BCUT2D eigenvalue weighted by Gasteiger charge is 2.09. The number of hydrogen-bond donors (Lipinski definition) is 1. The van der Waals surface area contributed by atoms with Gasteiger partial charge in [0.2, 0.25) is 0 Å². The molecule has 1 amide bonds. The average molecular weight is 351 g/mol. The Morgan fingerprint density at radius 3 is 2.87 bits per heavy atom. The van der Waals surface area contributed by atoms with Gasteiger partial charge in [-0.1, -0.05) is 23.2 Å². The number of carbonyl (C=O) groups excluding carboxylic acids is 1. The van der Waals surface area contributed by atoms with Crippen molar-refractivity contribution in [1.82, 2.24) is 4.98 Å². The van der Waals surface area contributed by atoms with E-state index < -0.39 is 0 Å². The average Bonchev–Trinajstić information content (AvgIpc) is 2.85. The van der Waals surface area contributed by atoms with E-state index in [1.54, 1.807) is 43.3 Å². The number of amides is 1. The molecule has 5 nitrogen and oxygen atoms in total. The summed E-state index contributed by atoms with van der Waals surface area (Å²) < 4.78 is 10.8. The van der Waals surface area contributed by atoms with Gasteiger partial charge in [0, 0.05) is 17.6 Å². The first kappa shape index (κ1) is 15.6. The Morgan fingerprint density at radius 1 is 1.26 bits per heavy atom. The van der Waals surface area contributed by atoms with Gasteiger partial charge >= 0.3 is 0 Å². The summed E-state index contributed by atoms with van der Waals surface area (Å²) in [5, 5.41) is 3.58. The molecule has 0 atom stereocenters. The summed E-state index contributed by atoms with van der Waals surface area (Å²) in [6.07, 6.45) is 0. The third kappa shape index (κ3) is 3.75. The fourth-order valence-electron chi connectivity index (χ4n) is 2.05. The molecule has 1 N–H and O–H groups in total. The van der Waals surface area contributed by atoms with Crippen molar-refractivity contribution in [2.75, 3.05) is 11.9 Å². The molecule has 3 rings (SSSR count). The van der Waals surface area contributed by atoms with Crippen molar-refractivity contribution < 1.29 is 13.9 Å². The van der Waals surface area contributed by atoms with Gasteiger partial charge in [-0.2, -0.15) is 0 Å². The molecule has 0 unspecified atom stereocenters. The van der Waals surface area contributed by atoms with Crippen LogP contribution in [0.5, 0.6) is 5.75 Å². The zero-order valence-corrected chi connectivity index (χ0v) is 13.6. The molecule has 0 aliphatic heterocycles. The van der Waals surface area contributed by atoms with E-state index in [9.17, 15) is 4.79 Å². The van der Waals surface area contributed by atoms with Crippen LogP contribution in [0.4, 0.5) is 5.69 Å². The summed E-state index contributed by atoms with van der Waals surface area (Å²) in [5.41, 5.74) is 1.97. The van der Waals surface area contributed by atoms with Crippen molar-refractivity contribution in [3.8, 4) is 5.75 Å². The lowest BCUT2D eigenvalue weighted by Gasteiger charge is -2.09. The van der Waals surface area contributed by atoms with Crippen molar-refractivity contribution in [2.24, 2.45) is 0 Å². The lowest BCUT2D eigenvalue weighted by molar-refractivity contribution is -0.118. The highest BCUT2D eigenvalue weighted by Crippen LogP contribution is 2.27. The number of aromatic nitrogens is 1. The first-order valence-corrected chi connectivity index (χ1v) is 7.52. The zero-order chi connectivity index (χ0) is 16.4. The lowest BCUT2D eigenvalue weighted by atomic mass is 10.3. The van der Waals surface area contributed by atoms with Crippen molar-refractivity contribution in [3.63, 3.8) is 0 Å². The molecule has 1 aromatic heterocycles. The quantitative estimate of drug-likeness (QED) is 0.754. The number of nitrogens with one attached hydrogen (secondary N) is 1. The monoisotopic (exact) mass is 350 g/mol. The number of benzene rings is 2. The number of anilines is 1. The topological polar surface area (TPSA) is 64.4 Å². The first-order chi connectivity index (χ1) is 11.0. The van der Waals surface area contributed by atoms with Crippen molar-refractivity contribution in [1.29, 1.82) is 0 Å². The first-order valence-electron chi connectivity index (χ1n) is 6.76.